The lowest BCUT2D eigenvalue weighted by atomic mass is 9.89. The van der Waals surface area contributed by atoms with E-state index in [1.165, 1.54) is 72.2 Å². The minimum Gasteiger partial charge on any atom is -0.494 e. The predicted octanol–water partition coefficient (Wildman–Crippen LogP) is 11.4. The average Bonchev–Trinajstić information content (AvgIpc) is 3.22. The average molecular weight is 744 g/mol. The first-order valence-electron chi connectivity index (χ1n) is 20.9. The minimum atomic E-state index is -0.0934. The molecule has 3 heterocycles. The number of benzene rings is 2. The van der Waals surface area contributed by atoms with Crippen LogP contribution in [-0.2, 0) is 0 Å². The zero-order valence-electron chi connectivity index (χ0n) is 34.5. The van der Waals surface area contributed by atoms with Crippen LogP contribution in [0, 0.1) is 24.7 Å². The Morgan fingerprint density at radius 3 is 2.33 bits per heavy atom. The zero-order chi connectivity index (χ0) is 39.3. The van der Waals surface area contributed by atoms with Crippen molar-refractivity contribution in [3.63, 3.8) is 0 Å². The van der Waals surface area contributed by atoms with E-state index in [4.69, 9.17) is 4.74 Å². The molecule has 2 aliphatic heterocycles. The van der Waals surface area contributed by atoms with Gasteiger partial charge in [-0.05, 0) is 161 Å². The minimum absolute atomic E-state index is 0.0217. The molecule has 2 aromatic carbocycles. The first-order chi connectivity index (χ1) is 26.6. The Morgan fingerprint density at radius 1 is 0.927 bits per heavy atom. The van der Waals surface area contributed by atoms with Gasteiger partial charge in [-0.25, -0.2) is 0 Å². The lowest BCUT2D eigenvalue weighted by Crippen LogP contribution is -2.37. The van der Waals surface area contributed by atoms with Crippen molar-refractivity contribution < 1.29 is 14.3 Å². The molecule has 2 aliphatic rings. The van der Waals surface area contributed by atoms with Crippen LogP contribution in [0.25, 0.3) is 16.7 Å². The van der Waals surface area contributed by atoms with Crippen molar-refractivity contribution in [2.45, 2.75) is 98.8 Å². The van der Waals surface area contributed by atoms with Gasteiger partial charge in [0.15, 0.2) is 12.1 Å². The molecule has 6 heteroatoms. The van der Waals surface area contributed by atoms with Gasteiger partial charge in [-0.3, -0.25) is 14.6 Å². The second-order valence-electron chi connectivity index (χ2n) is 16.1. The monoisotopic (exact) mass is 744 g/mol. The van der Waals surface area contributed by atoms with E-state index < -0.39 is 0 Å². The maximum absolute atomic E-state index is 12.6. The maximum atomic E-state index is 12.6. The molecule has 2 unspecified atom stereocenters. The van der Waals surface area contributed by atoms with Crippen LogP contribution in [0.2, 0.25) is 0 Å². The Bertz CT molecular complexity index is 1810. The number of hydrogen-bond donors (Lipinski definition) is 0. The molecule has 3 aromatic rings. The highest BCUT2D eigenvalue weighted by molar-refractivity contribution is 6.04. The van der Waals surface area contributed by atoms with Crippen LogP contribution in [0.1, 0.15) is 129 Å². The van der Waals surface area contributed by atoms with Gasteiger partial charge in [0.2, 0.25) is 0 Å². The van der Waals surface area contributed by atoms with E-state index in [0.717, 1.165) is 63.2 Å². The molecule has 0 saturated carbocycles. The molecule has 5 rings (SSSR count). The fourth-order valence-corrected chi connectivity index (χ4v) is 8.21. The number of Topliss-reactive ketones (excluding diaryl/α,β-unsaturated/α-hetero) is 1. The molecule has 6 nitrogen and oxygen atoms in total. The third kappa shape index (κ3) is 11.2. The maximum Gasteiger partial charge on any atom is 0.166 e. The number of carbonyl (C=O) groups is 2. The summed E-state index contributed by atoms with van der Waals surface area (Å²) in [5.74, 6) is 2.55. The number of aromatic nitrogens is 1. The van der Waals surface area contributed by atoms with E-state index in [0.29, 0.717) is 35.3 Å². The summed E-state index contributed by atoms with van der Waals surface area (Å²) in [7, 11) is 0. The molecule has 2 fully saturated rings. The second-order valence-corrected chi connectivity index (χ2v) is 16.1. The van der Waals surface area contributed by atoms with Gasteiger partial charge in [-0.1, -0.05) is 64.6 Å². The highest BCUT2D eigenvalue weighted by atomic mass is 16.5. The van der Waals surface area contributed by atoms with Crippen molar-refractivity contribution in [3.8, 4) is 16.9 Å². The summed E-state index contributed by atoms with van der Waals surface area (Å²) in [4.78, 5) is 34.0. The number of hydrogen-bond acceptors (Lipinski definition) is 6. The van der Waals surface area contributed by atoms with E-state index in [1.54, 1.807) is 12.1 Å². The van der Waals surface area contributed by atoms with Crippen LogP contribution in [-0.4, -0.2) is 66.2 Å². The Hall–Kier alpha value is -4.29. The van der Waals surface area contributed by atoms with Crippen LogP contribution in [0.15, 0.2) is 85.4 Å². The van der Waals surface area contributed by atoms with Crippen molar-refractivity contribution >= 4 is 17.6 Å². The molecule has 2 atom stereocenters. The standard InChI is InChI=1S/C49H65N3O3/c1-8-35(4)46-17-24-50-33-48(46)45-15-13-42(31-37(45)6)41(10-3)12-11-38(7)52-28-21-39(22-29-52)18-25-51-26-19-40(20-27-51)23-30-55-44-14-16-47(43(32-44)34-53)49(54)36(5)9-2/h10-17,24,31-36,39-40H,3,8-9,18-23,25-30H2,1-2,4-7H3/b38-11+,41-12+. The molecule has 0 aliphatic carbocycles. The van der Waals surface area contributed by atoms with E-state index in [-0.39, 0.29) is 11.7 Å². The molecule has 0 N–H and O–H groups in total. The third-order valence-electron chi connectivity index (χ3n) is 12.5. The zero-order valence-corrected chi connectivity index (χ0v) is 34.5. The Morgan fingerprint density at radius 2 is 1.65 bits per heavy atom. The summed E-state index contributed by atoms with van der Waals surface area (Å²) in [6.07, 6.45) is 20.3. The van der Waals surface area contributed by atoms with Gasteiger partial charge < -0.3 is 14.5 Å². The number of likely N-dealkylation sites (tertiary alicyclic amines) is 2. The molecule has 0 radical (unpaired) electrons. The molecule has 294 valence electrons. The highest BCUT2D eigenvalue weighted by Crippen LogP contribution is 2.34. The van der Waals surface area contributed by atoms with Crippen molar-refractivity contribution in [3.05, 3.63) is 113 Å². The molecule has 55 heavy (non-hydrogen) atoms. The summed E-state index contributed by atoms with van der Waals surface area (Å²) in [5, 5.41) is 0. The second kappa shape index (κ2) is 20.6. The lowest BCUT2D eigenvalue weighted by molar-refractivity contribution is 0.0922. The van der Waals surface area contributed by atoms with Crippen LogP contribution in [0.3, 0.4) is 0 Å². The van der Waals surface area contributed by atoms with Gasteiger partial charge in [-0.15, -0.1) is 0 Å². The van der Waals surface area contributed by atoms with Crippen LogP contribution in [0.4, 0.5) is 0 Å². The van der Waals surface area contributed by atoms with Gasteiger partial charge >= 0.3 is 0 Å². The number of rotatable bonds is 18. The number of piperidine rings is 2. The molecular formula is C49H65N3O3. The van der Waals surface area contributed by atoms with Crippen LogP contribution in [0.5, 0.6) is 5.75 Å². The van der Waals surface area contributed by atoms with E-state index in [9.17, 15) is 9.59 Å². The summed E-state index contributed by atoms with van der Waals surface area (Å²) in [6, 6.07) is 14.2. The fourth-order valence-electron chi connectivity index (χ4n) is 8.21. The van der Waals surface area contributed by atoms with Gasteiger partial charge in [0.05, 0.1) is 6.61 Å². The SMILES string of the molecule is C=C/C(=C\C=C(/C)N1CCC(CCN2CCC(CCOc3ccc(C(=O)C(C)CC)c(C=O)c3)CC2)CC1)c1ccc(-c2cnccc2C(C)CC)c(C)c1. The third-order valence-corrected chi connectivity index (χ3v) is 12.5. The summed E-state index contributed by atoms with van der Waals surface area (Å²) in [6.45, 7) is 23.4. The van der Waals surface area contributed by atoms with Gasteiger partial charge in [0.1, 0.15) is 5.75 Å². The number of carbonyl (C=O) groups excluding carboxylic acids is 2. The normalized spacial score (nSPS) is 17.5. The summed E-state index contributed by atoms with van der Waals surface area (Å²) < 4.78 is 6.04. The number of ketones is 1. The number of pyridine rings is 1. The molecule has 0 amide bonds. The van der Waals surface area contributed by atoms with E-state index in [1.807, 2.05) is 38.4 Å². The molecule has 0 spiro atoms. The quantitative estimate of drug-likeness (QED) is 0.0734. The number of nitrogens with zero attached hydrogens (tertiary/aromatic N) is 3. The van der Waals surface area contributed by atoms with Gasteiger partial charge in [0, 0.05) is 53.8 Å². The molecule has 1 aromatic heterocycles. The van der Waals surface area contributed by atoms with Gasteiger partial charge in [-0.2, -0.15) is 0 Å². The van der Waals surface area contributed by atoms with Crippen LogP contribution >= 0.6 is 0 Å². The highest BCUT2D eigenvalue weighted by Gasteiger charge is 2.23. The Balaban J connectivity index is 1.03. The summed E-state index contributed by atoms with van der Waals surface area (Å²) >= 11 is 0. The fraction of sp³-hybridized carbons (Fsp3) is 0.490. The number of aryl methyl sites for hydroxylation is 1. The largest absolute Gasteiger partial charge is 0.494 e. The van der Waals surface area contributed by atoms with E-state index in [2.05, 4.69) is 85.5 Å². The van der Waals surface area contributed by atoms with E-state index >= 15 is 0 Å². The molecular weight excluding hydrogens is 679 g/mol. The first-order valence-corrected chi connectivity index (χ1v) is 20.9. The number of aldehydes is 1. The van der Waals surface area contributed by atoms with Gasteiger partial charge in [0.25, 0.3) is 0 Å². The van der Waals surface area contributed by atoms with Crippen molar-refractivity contribution in [1.82, 2.24) is 14.8 Å². The molecule has 0 bridgehead atoms. The smallest absolute Gasteiger partial charge is 0.166 e. The van der Waals surface area contributed by atoms with Crippen LogP contribution < -0.4 is 4.74 Å². The lowest BCUT2D eigenvalue weighted by Gasteiger charge is -2.36. The predicted molar refractivity (Wildman–Crippen MR) is 229 cm³/mol. The topological polar surface area (TPSA) is 62.7 Å². The first kappa shape index (κ1) is 41.9. The Kier molecular flexibility index (Phi) is 15.7. The number of ether oxygens (including phenoxy) is 1. The number of allylic oxidation sites excluding steroid dienone is 5. The van der Waals surface area contributed by atoms with Crippen molar-refractivity contribution in [2.24, 2.45) is 17.8 Å². The molecule has 2 saturated heterocycles. The van der Waals surface area contributed by atoms with Crippen molar-refractivity contribution in [2.75, 3.05) is 39.3 Å². The summed E-state index contributed by atoms with van der Waals surface area (Å²) in [5.41, 5.74) is 9.69. The van der Waals surface area contributed by atoms with Crippen molar-refractivity contribution in [1.29, 1.82) is 0 Å². The Labute approximate surface area is 331 Å².